The molecule has 22 heavy (non-hydrogen) atoms. The molecular weight excluding hydrogens is 280 g/mol. The maximum atomic E-state index is 11.4. The number of benzene rings is 2. The summed E-state index contributed by atoms with van der Waals surface area (Å²) in [5.41, 5.74) is 6.88. The predicted molar refractivity (Wildman–Crippen MR) is 81.9 cm³/mol. The summed E-state index contributed by atoms with van der Waals surface area (Å²) in [7, 11) is 1.59. The van der Waals surface area contributed by atoms with Crippen molar-refractivity contribution in [1.82, 2.24) is 14.8 Å². The molecule has 0 saturated heterocycles. The second kappa shape index (κ2) is 5.69. The molecule has 0 aliphatic rings. The highest BCUT2D eigenvalue weighted by molar-refractivity contribution is 5.89. The average Bonchev–Trinajstić information content (AvgIpc) is 3.01. The molecule has 6 heteroatoms. The van der Waals surface area contributed by atoms with E-state index in [4.69, 9.17) is 10.5 Å². The standard InChI is InChI=1S/C16H14N4O2/c1-22-13-9-5-8-12(10-13)20-16(11-6-3-2-4-7-11)18-15(19-20)14(17)21/h2-10H,1H3,(H2,17,21). The molecular formula is C16H14N4O2. The molecule has 3 rings (SSSR count). The van der Waals surface area contributed by atoms with Crippen LogP contribution in [-0.4, -0.2) is 27.8 Å². The number of hydrogen-bond acceptors (Lipinski definition) is 4. The quantitative estimate of drug-likeness (QED) is 0.798. The van der Waals surface area contributed by atoms with E-state index in [0.29, 0.717) is 11.6 Å². The van der Waals surface area contributed by atoms with E-state index in [1.165, 1.54) is 0 Å². The Bertz CT molecular complexity index is 812. The van der Waals surface area contributed by atoms with Crippen molar-refractivity contribution in [3.63, 3.8) is 0 Å². The Morgan fingerprint density at radius 1 is 1.14 bits per heavy atom. The van der Waals surface area contributed by atoms with Crippen molar-refractivity contribution in [3.05, 3.63) is 60.4 Å². The number of carbonyl (C=O) groups excluding carboxylic acids is 1. The molecule has 2 N–H and O–H groups in total. The topological polar surface area (TPSA) is 83.0 Å². The maximum Gasteiger partial charge on any atom is 0.288 e. The van der Waals surface area contributed by atoms with Gasteiger partial charge in [-0.2, -0.15) is 0 Å². The van der Waals surface area contributed by atoms with Gasteiger partial charge >= 0.3 is 0 Å². The molecule has 0 bridgehead atoms. The molecule has 1 aromatic heterocycles. The Morgan fingerprint density at radius 3 is 2.59 bits per heavy atom. The Balaban J connectivity index is 2.19. The van der Waals surface area contributed by atoms with Crippen LogP contribution in [0.25, 0.3) is 17.1 Å². The minimum Gasteiger partial charge on any atom is -0.497 e. The summed E-state index contributed by atoms with van der Waals surface area (Å²) in [4.78, 5) is 15.7. The number of rotatable bonds is 4. The molecule has 6 nitrogen and oxygen atoms in total. The molecule has 0 saturated carbocycles. The van der Waals surface area contributed by atoms with E-state index in [1.54, 1.807) is 11.8 Å². The molecule has 0 radical (unpaired) electrons. The molecule has 0 fully saturated rings. The summed E-state index contributed by atoms with van der Waals surface area (Å²) in [5.74, 6) is 0.538. The molecule has 0 atom stereocenters. The van der Waals surface area contributed by atoms with Gasteiger partial charge in [0.05, 0.1) is 12.8 Å². The SMILES string of the molecule is COc1cccc(-n2nc(C(N)=O)nc2-c2ccccc2)c1. The first-order valence-corrected chi connectivity index (χ1v) is 6.66. The van der Waals surface area contributed by atoms with E-state index < -0.39 is 5.91 Å². The molecule has 0 unspecified atom stereocenters. The van der Waals surface area contributed by atoms with Gasteiger partial charge in [0, 0.05) is 11.6 Å². The van der Waals surface area contributed by atoms with Crippen molar-refractivity contribution in [2.24, 2.45) is 5.73 Å². The number of methoxy groups -OCH3 is 1. The van der Waals surface area contributed by atoms with Crippen LogP contribution in [0, 0.1) is 0 Å². The predicted octanol–water partition coefficient (Wildman–Crippen LogP) is 2.04. The van der Waals surface area contributed by atoms with E-state index in [1.807, 2.05) is 54.6 Å². The summed E-state index contributed by atoms with van der Waals surface area (Å²) < 4.78 is 6.80. The summed E-state index contributed by atoms with van der Waals surface area (Å²) >= 11 is 0. The number of nitrogens with two attached hydrogens (primary N) is 1. The average molecular weight is 294 g/mol. The van der Waals surface area contributed by atoms with Crippen molar-refractivity contribution in [2.75, 3.05) is 7.11 Å². The summed E-state index contributed by atoms with van der Waals surface area (Å²) in [6.07, 6.45) is 0. The van der Waals surface area contributed by atoms with Crippen LogP contribution in [0.5, 0.6) is 5.75 Å². The molecule has 1 amide bonds. The van der Waals surface area contributed by atoms with Gasteiger partial charge in [-0.05, 0) is 12.1 Å². The Kier molecular flexibility index (Phi) is 3.57. The number of hydrogen-bond donors (Lipinski definition) is 1. The Labute approximate surface area is 127 Å². The fraction of sp³-hybridized carbons (Fsp3) is 0.0625. The number of amides is 1. The first-order valence-electron chi connectivity index (χ1n) is 6.66. The van der Waals surface area contributed by atoms with Gasteiger partial charge in [0.15, 0.2) is 5.82 Å². The van der Waals surface area contributed by atoms with Gasteiger partial charge in [0.25, 0.3) is 5.91 Å². The molecule has 0 spiro atoms. The third-order valence-electron chi connectivity index (χ3n) is 3.16. The highest BCUT2D eigenvalue weighted by Gasteiger charge is 2.16. The smallest absolute Gasteiger partial charge is 0.288 e. The fourth-order valence-electron chi connectivity index (χ4n) is 2.11. The van der Waals surface area contributed by atoms with Crippen LogP contribution in [0.3, 0.4) is 0 Å². The molecule has 0 aliphatic carbocycles. The van der Waals surface area contributed by atoms with E-state index in [0.717, 1.165) is 11.3 Å². The van der Waals surface area contributed by atoms with Gasteiger partial charge < -0.3 is 10.5 Å². The van der Waals surface area contributed by atoms with Crippen molar-refractivity contribution in [2.45, 2.75) is 0 Å². The highest BCUT2D eigenvalue weighted by atomic mass is 16.5. The zero-order valence-electron chi connectivity index (χ0n) is 11.9. The first-order chi connectivity index (χ1) is 10.7. The van der Waals surface area contributed by atoms with Crippen LogP contribution in [0.1, 0.15) is 10.6 Å². The summed E-state index contributed by atoms with van der Waals surface area (Å²) in [6, 6.07) is 16.8. The lowest BCUT2D eigenvalue weighted by atomic mass is 10.2. The minimum absolute atomic E-state index is 0.0262. The fourth-order valence-corrected chi connectivity index (χ4v) is 2.11. The van der Waals surface area contributed by atoms with Crippen LogP contribution >= 0.6 is 0 Å². The van der Waals surface area contributed by atoms with Crippen LogP contribution in [-0.2, 0) is 0 Å². The lowest BCUT2D eigenvalue weighted by Gasteiger charge is -2.07. The Hall–Kier alpha value is -3.15. The Morgan fingerprint density at radius 2 is 1.91 bits per heavy atom. The number of aromatic nitrogens is 3. The second-order valence-electron chi connectivity index (χ2n) is 4.60. The lowest BCUT2D eigenvalue weighted by molar-refractivity contribution is 0.0990. The zero-order chi connectivity index (χ0) is 15.5. The van der Waals surface area contributed by atoms with Gasteiger partial charge in [-0.15, -0.1) is 5.10 Å². The number of ether oxygens (including phenoxy) is 1. The van der Waals surface area contributed by atoms with Gasteiger partial charge in [-0.1, -0.05) is 36.4 Å². The largest absolute Gasteiger partial charge is 0.497 e. The number of carbonyl (C=O) groups is 1. The van der Waals surface area contributed by atoms with Gasteiger partial charge in [0.2, 0.25) is 5.82 Å². The van der Waals surface area contributed by atoms with Gasteiger partial charge in [-0.3, -0.25) is 4.79 Å². The first kappa shape index (κ1) is 13.8. The van der Waals surface area contributed by atoms with Crippen molar-refractivity contribution < 1.29 is 9.53 Å². The summed E-state index contributed by atoms with van der Waals surface area (Å²) in [6.45, 7) is 0. The highest BCUT2D eigenvalue weighted by Crippen LogP contribution is 2.23. The molecule has 2 aromatic carbocycles. The third kappa shape index (κ3) is 2.54. The summed E-state index contributed by atoms with van der Waals surface area (Å²) in [5, 5.41) is 4.21. The van der Waals surface area contributed by atoms with Crippen LogP contribution in [0.2, 0.25) is 0 Å². The zero-order valence-corrected chi connectivity index (χ0v) is 11.9. The molecule has 0 aliphatic heterocycles. The van der Waals surface area contributed by atoms with E-state index in [9.17, 15) is 4.79 Å². The maximum absolute atomic E-state index is 11.4. The number of primary amides is 1. The minimum atomic E-state index is -0.668. The number of nitrogens with zero attached hydrogens (tertiary/aromatic N) is 3. The molecule has 110 valence electrons. The second-order valence-corrected chi connectivity index (χ2v) is 4.60. The van der Waals surface area contributed by atoms with Crippen molar-refractivity contribution >= 4 is 5.91 Å². The van der Waals surface area contributed by atoms with Gasteiger partial charge in [-0.25, -0.2) is 9.67 Å². The molecule has 3 aromatic rings. The van der Waals surface area contributed by atoms with Gasteiger partial charge in [0.1, 0.15) is 5.75 Å². The van der Waals surface area contributed by atoms with E-state index in [2.05, 4.69) is 10.1 Å². The van der Waals surface area contributed by atoms with Crippen LogP contribution in [0.4, 0.5) is 0 Å². The molecule has 1 heterocycles. The van der Waals surface area contributed by atoms with E-state index >= 15 is 0 Å². The van der Waals surface area contributed by atoms with E-state index in [-0.39, 0.29) is 5.82 Å². The third-order valence-corrected chi connectivity index (χ3v) is 3.16. The lowest BCUT2D eigenvalue weighted by Crippen LogP contribution is -2.13. The van der Waals surface area contributed by atoms with Crippen LogP contribution < -0.4 is 10.5 Å². The van der Waals surface area contributed by atoms with Crippen molar-refractivity contribution in [1.29, 1.82) is 0 Å². The normalized spacial score (nSPS) is 10.4. The van der Waals surface area contributed by atoms with Crippen molar-refractivity contribution in [3.8, 4) is 22.8 Å². The monoisotopic (exact) mass is 294 g/mol. The van der Waals surface area contributed by atoms with Crippen LogP contribution in [0.15, 0.2) is 54.6 Å².